The number of amides is 3. The Hall–Kier alpha value is -3.43. The fourth-order valence-electron chi connectivity index (χ4n) is 6.82. The van der Waals surface area contributed by atoms with Crippen molar-refractivity contribution in [3.05, 3.63) is 35.9 Å². The minimum atomic E-state index is -1.29. The Bertz CT molecular complexity index is 1200. The molecule has 1 fully saturated rings. The van der Waals surface area contributed by atoms with Crippen molar-refractivity contribution < 1.29 is 33.4 Å². The summed E-state index contributed by atoms with van der Waals surface area (Å²) in [7, 11) is 0. The highest BCUT2D eigenvalue weighted by molar-refractivity contribution is 5.93. The predicted octanol–water partition coefficient (Wildman–Crippen LogP) is 7.96. The lowest BCUT2D eigenvalue weighted by atomic mass is 9.70. The third kappa shape index (κ3) is 17.6. The van der Waals surface area contributed by atoms with E-state index in [1.54, 1.807) is 20.8 Å². The average Bonchev–Trinajstić information content (AvgIpc) is 3.07. The minimum absolute atomic E-state index is 0.0153. The number of hydrogen-bond acceptors (Lipinski definition) is 7. The highest BCUT2D eigenvalue weighted by Gasteiger charge is 2.41. The van der Waals surface area contributed by atoms with E-state index in [0.29, 0.717) is 19.3 Å². The second kappa shape index (κ2) is 22.5. The van der Waals surface area contributed by atoms with E-state index in [4.69, 9.17) is 9.47 Å². The van der Waals surface area contributed by atoms with Gasteiger partial charge < -0.3 is 30.2 Å². The van der Waals surface area contributed by atoms with Gasteiger partial charge in [-0.15, -0.1) is 0 Å². The maximum Gasteiger partial charge on any atom is 0.408 e. The number of hydrogen-bond donors (Lipinski definition) is 3. The molecule has 10 nitrogen and oxygen atoms in total. The van der Waals surface area contributed by atoms with Crippen LogP contribution in [0.5, 0.6) is 0 Å². The number of nitrogens with one attached hydrogen (secondary N) is 3. The fourth-order valence-corrected chi connectivity index (χ4v) is 6.82. The quantitative estimate of drug-likeness (QED) is 0.124. The Morgan fingerprint density at radius 2 is 1.24 bits per heavy atom. The second-order valence-corrected chi connectivity index (χ2v) is 16.3. The van der Waals surface area contributed by atoms with Crippen LogP contribution in [0.2, 0.25) is 0 Å². The van der Waals surface area contributed by atoms with Crippen LogP contribution >= 0.6 is 0 Å². The molecule has 0 spiro atoms. The SMILES string of the molecule is CC(C)C[C@H](NC(=O)OCc1ccccc1)C(=O)N[C@@H](CC(=O)OC(C)(C)C)C(=O)N[C@@H](CC(C)C)C1(C=O)CCCCCCCCCCCC1. The molecule has 0 unspecified atom stereocenters. The molecule has 0 heterocycles. The van der Waals surface area contributed by atoms with E-state index >= 15 is 0 Å². The number of carbonyl (C=O) groups excluding carboxylic acids is 5. The number of rotatable bonds is 15. The minimum Gasteiger partial charge on any atom is -0.460 e. The van der Waals surface area contributed by atoms with Gasteiger partial charge in [0.15, 0.2) is 0 Å². The van der Waals surface area contributed by atoms with Crippen molar-refractivity contribution in [1.29, 1.82) is 0 Å². The first-order chi connectivity index (χ1) is 24.1. The van der Waals surface area contributed by atoms with E-state index in [0.717, 1.165) is 50.4 Å². The molecule has 0 saturated heterocycles. The third-order valence-electron chi connectivity index (χ3n) is 9.44. The van der Waals surface area contributed by atoms with Crippen molar-refractivity contribution in [2.75, 3.05) is 0 Å². The number of esters is 1. The zero-order valence-electron chi connectivity index (χ0n) is 32.5. The topological polar surface area (TPSA) is 140 Å². The lowest BCUT2D eigenvalue weighted by Crippen LogP contribution is -2.58. The molecule has 3 amide bonds. The molecule has 2 rings (SSSR count). The van der Waals surface area contributed by atoms with Gasteiger partial charge in [0.1, 0.15) is 30.6 Å². The lowest BCUT2D eigenvalue weighted by molar-refractivity contribution is -0.156. The molecule has 1 aliphatic carbocycles. The summed E-state index contributed by atoms with van der Waals surface area (Å²) in [5.41, 5.74) is -0.771. The average molecular weight is 714 g/mol. The van der Waals surface area contributed by atoms with E-state index in [1.807, 2.05) is 44.2 Å². The Morgan fingerprint density at radius 3 is 1.73 bits per heavy atom. The zero-order valence-corrected chi connectivity index (χ0v) is 32.5. The van der Waals surface area contributed by atoms with Crippen LogP contribution in [0, 0.1) is 17.3 Å². The molecule has 51 heavy (non-hydrogen) atoms. The van der Waals surface area contributed by atoms with E-state index in [-0.39, 0.29) is 24.9 Å². The van der Waals surface area contributed by atoms with Gasteiger partial charge >= 0.3 is 12.1 Å². The molecule has 3 N–H and O–H groups in total. The summed E-state index contributed by atoms with van der Waals surface area (Å²) in [6.07, 6.45) is 13.1. The molecule has 3 atom stereocenters. The summed E-state index contributed by atoms with van der Waals surface area (Å²) < 4.78 is 10.9. The highest BCUT2D eigenvalue weighted by Crippen LogP contribution is 2.37. The maximum absolute atomic E-state index is 14.3. The first-order valence-electron chi connectivity index (χ1n) is 19.4. The van der Waals surface area contributed by atoms with E-state index in [9.17, 15) is 24.0 Å². The molecule has 1 aromatic rings. The number of carbonyl (C=O) groups is 5. The number of alkyl carbamates (subject to hydrolysis) is 1. The molecule has 0 aliphatic heterocycles. The van der Waals surface area contributed by atoms with Crippen molar-refractivity contribution in [1.82, 2.24) is 16.0 Å². The number of aldehydes is 1. The van der Waals surface area contributed by atoms with E-state index < -0.39 is 59.4 Å². The fraction of sp³-hybridized carbons (Fsp3) is 0.732. The van der Waals surface area contributed by atoms with E-state index in [2.05, 4.69) is 29.8 Å². The van der Waals surface area contributed by atoms with Crippen LogP contribution in [-0.4, -0.2) is 53.9 Å². The van der Waals surface area contributed by atoms with Crippen molar-refractivity contribution in [3.63, 3.8) is 0 Å². The van der Waals surface area contributed by atoms with Gasteiger partial charge in [-0.25, -0.2) is 4.79 Å². The van der Waals surface area contributed by atoms with E-state index in [1.165, 1.54) is 25.7 Å². The highest BCUT2D eigenvalue weighted by atomic mass is 16.6. The van der Waals surface area contributed by atoms with Gasteiger partial charge in [-0.05, 0) is 63.9 Å². The Labute approximate surface area is 307 Å². The Balaban J connectivity index is 2.35. The summed E-state index contributed by atoms with van der Waals surface area (Å²) in [6.45, 7) is 13.2. The standard InChI is InChI=1S/C41H67N3O7/c1-30(2)25-33(43-39(49)50-28-32-21-17-16-18-22-32)37(47)42-34(27-36(46)51-40(5,6)7)38(48)44-35(26-31(3)4)41(29-45)23-19-14-12-10-8-9-11-13-15-20-24-41/h16-18,21-22,29-31,33-35H,8-15,19-20,23-28H2,1-7H3,(H,42,47)(H,43,49)(H,44,48)/t33-,34-,35-/m0/s1. The summed E-state index contributed by atoms with van der Waals surface area (Å²) >= 11 is 0. The zero-order chi connectivity index (χ0) is 37.9. The molecular formula is C41H67N3O7. The maximum atomic E-state index is 14.3. The van der Waals surface area contributed by atoms with Crippen LogP contribution in [0.1, 0.15) is 150 Å². The van der Waals surface area contributed by atoms with Gasteiger partial charge in [0, 0.05) is 11.5 Å². The van der Waals surface area contributed by atoms with Crippen LogP contribution in [-0.2, 0) is 35.3 Å². The predicted molar refractivity (Wildman–Crippen MR) is 201 cm³/mol. The van der Waals surface area contributed by atoms with Crippen LogP contribution in [0.4, 0.5) is 4.79 Å². The van der Waals surface area contributed by atoms with Crippen LogP contribution in [0.15, 0.2) is 30.3 Å². The largest absolute Gasteiger partial charge is 0.460 e. The molecule has 288 valence electrons. The molecule has 0 aromatic heterocycles. The Kier molecular flexibility index (Phi) is 19.3. The van der Waals surface area contributed by atoms with Gasteiger partial charge in [-0.2, -0.15) is 0 Å². The molecule has 1 aromatic carbocycles. The van der Waals surface area contributed by atoms with Crippen molar-refractivity contribution in [3.8, 4) is 0 Å². The van der Waals surface area contributed by atoms with Gasteiger partial charge in [0.2, 0.25) is 11.8 Å². The molecule has 1 aliphatic rings. The Morgan fingerprint density at radius 1 is 0.725 bits per heavy atom. The summed E-state index contributed by atoms with van der Waals surface area (Å²) in [4.78, 5) is 67.2. The van der Waals surface area contributed by atoms with Gasteiger partial charge in [-0.1, -0.05) is 122 Å². The molecule has 10 heteroatoms. The normalized spacial score (nSPS) is 17.7. The molecule has 0 radical (unpaired) electrons. The first-order valence-corrected chi connectivity index (χ1v) is 19.4. The van der Waals surface area contributed by atoms with Crippen molar-refractivity contribution in [2.45, 2.75) is 175 Å². The van der Waals surface area contributed by atoms with Gasteiger partial charge in [0.05, 0.1) is 6.42 Å². The summed E-state index contributed by atoms with van der Waals surface area (Å²) in [5.74, 6) is -1.62. The van der Waals surface area contributed by atoms with Gasteiger partial charge in [-0.3, -0.25) is 14.4 Å². The van der Waals surface area contributed by atoms with Crippen LogP contribution in [0.25, 0.3) is 0 Å². The first kappa shape index (κ1) is 43.7. The summed E-state index contributed by atoms with van der Waals surface area (Å²) in [5, 5.41) is 8.58. The number of benzene rings is 1. The molecular weight excluding hydrogens is 646 g/mol. The number of ether oxygens (including phenoxy) is 2. The van der Waals surface area contributed by atoms with Crippen LogP contribution < -0.4 is 16.0 Å². The third-order valence-corrected chi connectivity index (χ3v) is 9.44. The molecule has 0 bridgehead atoms. The molecule has 1 saturated carbocycles. The van der Waals surface area contributed by atoms with Crippen LogP contribution in [0.3, 0.4) is 0 Å². The monoisotopic (exact) mass is 713 g/mol. The smallest absolute Gasteiger partial charge is 0.408 e. The van der Waals surface area contributed by atoms with Crippen molar-refractivity contribution in [2.24, 2.45) is 17.3 Å². The second-order valence-electron chi connectivity index (χ2n) is 16.3. The van der Waals surface area contributed by atoms with Crippen molar-refractivity contribution >= 4 is 30.2 Å². The lowest BCUT2D eigenvalue weighted by Gasteiger charge is -2.39. The van der Waals surface area contributed by atoms with Gasteiger partial charge in [0.25, 0.3) is 0 Å². The summed E-state index contributed by atoms with van der Waals surface area (Å²) in [6, 6.07) is 6.41.